The number of carbonyl (C=O) groups is 2. The zero-order chi connectivity index (χ0) is 19.2. The Labute approximate surface area is 161 Å². The molecular weight excluding hydrogens is 342 g/mol. The molecule has 2 heterocycles. The minimum atomic E-state index is -0.0652. The SMILES string of the molecule is COc1ccc(CCN2C[C@@H](NC(=O)CN3CCC(C)CC3)CC2=O)cc1. The van der Waals surface area contributed by atoms with E-state index < -0.39 is 0 Å². The highest BCUT2D eigenvalue weighted by atomic mass is 16.5. The van der Waals surface area contributed by atoms with Gasteiger partial charge in [0, 0.05) is 19.5 Å². The van der Waals surface area contributed by atoms with Crippen LogP contribution in [0.15, 0.2) is 24.3 Å². The predicted molar refractivity (Wildman–Crippen MR) is 105 cm³/mol. The molecule has 0 aliphatic carbocycles. The maximum absolute atomic E-state index is 12.3. The molecule has 1 N–H and O–H groups in total. The molecule has 2 fully saturated rings. The van der Waals surface area contributed by atoms with Gasteiger partial charge in [-0.1, -0.05) is 19.1 Å². The molecule has 2 amide bonds. The molecule has 2 aliphatic heterocycles. The lowest BCUT2D eigenvalue weighted by Crippen LogP contribution is -2.45. The van der Waals surface area contributed by atoms with Crippen molar-refractivity contribution in [3.63, 3.8) is 0 Å². The summed E-state index contributed by atoms with van der Waals surface area (Å²) in [5.74, 6) is 1.76. The van der Waals surface area contributed by atoms with Gasteiger partial charge in [0.2, 0.25) is 11.8 Å². The number of benzene rings is 1. The van der Waals surface area contributed by atoms with Crippen LogP contribution in [0.5, 0.6) is 5.75 Å². The number of likely N-dealkylation sites (tertiary alicyclic amines) is 2. The average molecular weight is 373 g/mol. The third-order valence-corrected chi connectivity index (χ3v) is 5.65. The fraction of sp³-hybridized carbons (Fsp3) is 0.619. The topological polar surface area (TPSA) is 61.9 Å². The fourth-order valence-corrected chi connectivity index (χ4v) is 3.84. The maximum atomic E-state index is 12.3. The number of hydrogen-bond donors (Lipinski definition) is 1. The van der Waals surface area contributed by atoms with Crippen LogP contribution in [-0.4, -0.2) is 67.5 Å². The fourth-order valence-electron chi connectivity index (χ4n) is 3.84. The van der Waals surface area contributed by atoms with E-state index in [0.717, 1.165) is 44.0 Å². The van der Waals surface area contributed by atoms with Gasteiger partial charge in [-0.3, -0.25) is 14.5 Å². The Bertz CT molecular complexity index is 639. The number of carbonyl (C=O) groups excluding carboxylic acids is 2. The molecular formula is C21H31N3O3. The van der Waals surface area contributed by atoms with Crippen molar-refractivity contribution in [2.75, 3.05) is 39.8 Å². The molecule has 0 radical (unpaired) electrons. The van der Waals surface area contributed by atoms with Gasteiger partial charge in [0.1, 0.15) is 5.75 Å². The number of ether oxygens (including phenoxy) is 1. The van der Waals surface area contributed by atoms with Crippen molar-refractivity contribution in [2.45, 2.75) is 38.6 Å². The Morgan fingerprint density at radius 3 is 2.59 bits per heavy atom. The van der Waals surface area contributed by atoms with Gasteiger partial charge in [-0.2, -0.15) is 0 Å². The summed E-state index contributed by atoms with van der Waals surface area (Å²) in [5, 5.41) is 3.05. The van der Waals surface area contributed by atoms with Crippen LogP contribution in [0.3, 0.4) is 0 Å². The summed E-state index contributed by atoms with van der Waals surface area (Å²) >= 11 is 0. The third kappa shape index (κ3) is 5.70. The van der Waals surface area contributed by atoms with Crippen LogP contribution in [0.1, 0.15) is 31.7 Å². The molecule has 2 saturated heterocycles. The molecule has 3 rings (SSSR count). The van der Waals surface area contributed by atoms with Crippen LogP contribution in [-0.2, 0) is 16.0 Å². The van der Waals surface area contributed by atoms with Crippen LogP contribution < -0.4 is 10.1 Å². The molecule has 148 valence electrons. The average Bonchev–Trinajstić information content (AvgIpc) is 3.01. The first-order valence-corrected chi connectivity index (χ1v) is 9.96. The van der Waals surface area contributed by atoms with E-state index in [2.05, 4.69) is 17.1 Å². The van der Waals surface area contributed by atoms with Crippen molar-refractivity contribution in [2.24, 2.45) is 5.92 Å². The Morgan fingerprint density at radius 2 is 1.93 bits per heavy atom. The molecule has 2 aliphatic rings. The van der Waals surface area contributed by atoms with Crippen molar-refractivity contribution >= 4 is 11.8 Å². The minimum Gasteiger partial charge on any atom is -0.497 e. The van der Waals surface area contributed by atoms with Crippen LogP contribution in [0.2, 0.25) is 0 Å². The molecule has 1 aromatic rings. The zero-order valence-electron chi connectivity index (χ0n) is 16.4. The molecule has 6 heteroatoms. The second kappa shape index (κ2) is 9.22. The van der Waals surface area contributed by atoms with Gasteiger partial charge in [0.05, 0.1) is 19.7 Å². The van der Waals surface area contributed by atoms with E-state index in [0.29, 0.717) is 26.1 Å². The van der Waals surface area contributed by atoms with E-state index in [1.165, 1.54) is 5.56 Å². The number of piperidine rings is 1. The van der Waals surface area contributed by atoms with E-state index in [-0.39, 0.29) is 17.9 Å². The second-order valence-electron chi connectivity index (χ2n) is 7.87. The number of nitrogens with zero attached hydrogens (tertiary/aromatic N) is 2. The summed E-state index contributed by atoms with van der Waals surface area (Å²) in [6, 6.07) is 7.86. The molecule has 27 heavy (non-hydrogen) atoms. The van der Waals surface area contributed by atoms with Crippen LogP contribution >= 0.6 is 0 Å². The molecule has 0 spiro atoms. The summed E-state index contributed by atoms with van der Waals surface area (Å²) in [6.45, 7) is 5.99. The Kier molecular flexibility index (Phi) is 6.72. The second-order valence-corrected chi connectivity index (χ2v) is 7.87. The lowest BCUT2D eigenvalue weighted by atomic mass is 9.99. The molecule has 0 bridgehead atoms. The largest absolute Gasteiger partial charge is 0.497 e. The van der Waals surface area contributed by atoms with E-state index in [4.69, 9.17) is 4.74 Å². The highest BCUT2D eigenvalue weighted by Gasteiger charge is 2.30. The Balaban J connectivity index is 1.40. The smallest absolute Gasteiger partial charge is 0.234 e. The van der Waals surface area contributed by atoms with Gasteiger partial charge >= 0.3 is 0 Å². The summed E-state index contributed by atoms with van der Waals surface area (Å²) in [4.78, 5) is 28.6. The van der Waals surface area contributed by atoms with Gasteiger partial charge < -0.3 is 15.0 Å². The summed E-state index contributed by atoms with van der Waals surface area (Å²) < 4.78 is 5.17. The van der Waals surface area contributed by atoms with E-state index in [1.807, 2.05) is 29.2 Å². The molecule has 1 atom stereocenters. The van der Waals surface area contributed by atoms with E-state index in [1.54, 1.807) is 7.11 Å². The number of rotatable bonds is 7. The van der Waals surface area contributed by atoms with E-state index >= 15 is 0 Å². The summed E-state index contributed by atoms with van der Waals surface area (Å²) in [7, 11) is 1.65. The maximum Gasteiger partial charge on any atom is 0.234 e. The van der Waals surface area contributed by atoms with Gasteiger partial charge in [-0.25, -0.2) is 0 Å². The van der Waals surface area contributed by atoms with Crippen LogP contribution in [0.4, 0.5) is 0 Å². The van der Waals surface area contributed by atoms with Crippen molar-refractivity contribution in [3.8, 4) is 5.75 Å². The first kappa shape index (κ1) is 19.7. The minimum absolute atomic E-state index is 0.0411. The zero-order valence-corrected chi connectivity index (χ0v) is 16.4. The first-order valence-electron chi connectivity index (χ1n) is 9.96. The number of hydrogen-bond acceptors (Lipinski definition) is 4. The predicted octanol–water partition coefficient (Wildman–Crippen LogP) is 1.69. The standard InChI is InChI=1S/C21H31N3O3/c1-16-7-10-23(11-8-16)15-20(25)22-18-13-21(26)24(14-18)12-9-17-3-5-19(27-2)6-4-17/h3-6,16,18H,7-15H2,1-2H3,(H,22,25)/t18-/m0/s1. The van der Waals surface area contributed by atoms with Crippen LogP contribution in [0.25, 0.3) is 0 Å². The van der Waals surface area contributed by atoms with Crippen LogP contribution in [0, 0.1) is 5.92 Å². The number of amides is 2. The lowest BCUT2D eigenvalue weighted by molar-refractivity contribution is -0.127. The molecule has 0 aromatic heterocycles. The Hall–Kier alpha value is -2.08. The van der Waals surface area contributed by atoms with Gasteiger partial charge in [0.15, 0.2) is 0 Å². The summed E-state index contributed by atoms with van der Waals surface area (Å²) in [5.41, 5.74) is 1.18. The van der Waals surface area contributed by atoms with Gasteiger partial charge in [0.25, 0.3) is 0 Å². The van der Waals surface area contributed by atoms with Crippen molar-refractivity contribution in [1.29, 1.82) is 0 Å². The normalized spacial score (nSPS) is 21.5. The lowest BCUT2D eigenvalue weighted by Gasteiger charge is -2.29. The number of nitrogens with one attached hydrogen (secondary N) is 1. The third-order valence-electron chi connectivity index (χ3n) is 5.65. The first-order chi connectivity index (χ1) is 13.0. The molecule has 6 nitrogen and oxygen atoms in total. The van der Waals surface area contributed by atoms with Gasteiger partial charge in [-0.15, -0.1) is 0 Å². The molecule has 0 saturated carbocycles. The monoisotopic (exact) mass is 373 g/mol. The summed E-state index contributed by atoms with van der Waals surface area (Å²) in [6.07, 6.45) is 3.54. The van der Waals surface area contributed by atoms with E-state index in [9.17, 15) is 9.59 Å². The quantitative estimate of drug-likeness (QED) is 0.790. The van der Waals surface area contributed by atoms with Crippen molar-refractivity contribution in [3.05, 3.63) is 29.8 Å². The number of methoxy groups -OCH3 is 1. The van der Waals surface area contributed by atoms with Crippen molar-refractivity contribution < 1.29 is 14.3 Å². The van der Waals surface area contributed by atoms with Gasteiger partial charge in [-0.05, 0) is 56.0 Å². The molecule has 0 unspecified atom stereocenters. The highest BCUT2D eigenvalue weighted by Crippen LogP contribution is 2.17. The highest BCUT2D eigenvalue weighted by molar-refractivity contribution is 5.83. The molecule has 1 aromatic carbocycles. The van der Waals surface area contributed by atoms with Crippen molar-refractivity contribution in [1.82, 2.24) is 15.1 Å². The Morgan fingerprint density at radius 1 is 1.22 bits per heavy atom.